The fourth-order valence-corrected chi connectivity index (χ4v) is 2.74. The third-order valence-corrected chi connectivity index (χ3v) is 4.11. The molecule has 0 aromatic carbocycles. The maximum absolute atomic E-state index is 9.00. The fraction of sp³-hybridized carbons (Fsp3) is 0.600. The fourth-order valence-electron chi connectivity index (χ4n) is 2.74. The van der Waals surface area contributed by atoms with Gasteiger partial charge in [-0.15, -0.1) is 0 Å². The van der Waals surface area contributed by atoms with Gasteiger partial charge in [-0.3, -0.25) is 0 Å². The number of aromatic nitrogens is 1. The third-order valence-electron chi connectivity index (χ3n) is 4.11. The minimum Gasteiger partial charge on any atom is -0.409 e. The normalized spacial score (nSPS) is 19.2. The third kappa shape index (κ3) is 2.86. The number of rotatable bonds is 2. The van der Waals surface area contributed by atoms with Crippen LogP contribution in [0.5, 0.6) is 0 Å². The number of hydrogen-bond donors (Lipinski definition) is 2. The Morgan fingerprint density at radius 3 is 2.50 bits per heavy atom. The molecule has 1 aromatic rings. The van der Waals surface area contributed by atoms with Crippen molar-refractivity contribution in [3.63, 3.8) is 0 Å². The lowest BCUT2D eigenvalue weighted by Gasteiger charge is -2.38. The molecule has 2 heterocycles. The van der Waals surface area contributed by atoms with Gasteiger partial charge in [0.05, 0.1) is 5.56 Å². The van der Waals surface area contributed by atoms with Crippen molar-refractivity contribution in [3.05, 3.63) is 22.9 Å². The number of anilines is 1. The van der Waals surface area contributed by atoms with E-state index in [1.165, 1.54) is 0 Å². The minimum atomic E-state index is 0.134. The van der Waals surface area contributed by atoms with Crippen LogP contribution < -0.4 is 10.6 Å². The molecule has 5 heteroatoms. The first kappa shape index (κ1) is 14.6. The second-order valence-electron chi connectivity index (χ2n) is 6.42. The van der Waals surface area contributed by atoms with Crippen molar-refractivity contribution in [2.75, 3.05) is 18.0 Å². The van der Waals surface area contributed by atoms with Crippen LogP contribution in [-0.4, -0.2) is 29.1 Å². The first-order chi connectivity index (χ1) is 9.34. The van der Waals surface area contributed by atoms with E-state index in [2.05, 4.69) is 28.9 Å². The summed E-state index contributed by atoms with van der Waals surface area (Å²) in [6, 6.07) is 1.96. The molecule has 1 fully saturated rings. The summed E-state index contributed by atoms with van der Waals surface area (Å²) >= 11 is 0. The van der Waals surface area contributed by atoms with Crippen LogP contribution >= 0.6 is 0 Å². The van der Waals surface area contributed by atoms with E-state index >= 15 is 0 Å². The molecule has 0 amide bonds. The number of piperidine rings is 1. The van der Waals surface area contributed by atoms with Crippen molar-refractivity contribution in [3.8, 4) is 0 Å². The van der Waals surface area contributed by atoms with Gasteiger partial charge >= 0.3 is 0 Å². The van der Waals surface area contributed by atoms with Gasteiger partial charge in [-0.1, -0.05) is 19.0 Å². The highest BCUT2D eigenvalue weighted by Crippen LogP contribution is 2.33. The molecular formula is C15H24N4O. The highest BCUT2D eigenvalue weighted by molar-refractivity contribution is 6.02. The number of nitrogens with zero attached hydrogens (tertiary/aromatic N) is 3. The Morgan fingerprint density at radius 1 is 1.35 bits per heavy atom. The SMILES string of the molecule is Cc1cc(C)c(C(N)=NO)c(N2CCC(C)(C)CC2)n1. The molecule has 3 N–H and O–H groups in total. The molecule has 1 aliphatic rings. The zero-order valence-corrected chi connectivity index (χ0v) is 12.8. The topological polar surface area (TPSA) is 74.7 Å². The molecule has 0 radical (unpaired) electrons. The number of pyridine rings is 1. The van der Waals surface area contributed by atoms with Gasteiger partial charge in [0.25, 0.3) is 0 Å². The zero-order chi connectivity index (χ0) is 14.9. The molecule has 0 unspecified atom stereocenters. The van der Waals surface area contributed by atoms with E-state index in [1.54, 1.807) is 0 Å². The average Bonchev–Trinajstić information content (AvgIpc) is 2.37. The first-order valence-electron chi connectivity index (χ1n) is 7.05. The molecule has 1 aliphatic heterocycles. The molecule has 0 bridgehead atoms. The number of hydrogen-bond acceptors (Lipinski definition) is 4. The van der Waals surface area contributed by atoms with Crippen LogP contribution in [0.1, 0.15) is 43.5 Å². The highest BCUT2D eigenvalue weighted by atomic mass is 16.4. The molecule has 1 aromatic heterocycles. The van der Waals surface area contributed by atoms with Crippen molar-refractivity contribution in [1.29, 1.82) is 0 Å². The Bertz CT molecular complexity index is 527. The average molecular weight is 276 g/mol. The molecular weight excluding hydrogens is 252 g/mol. The van der Waals surface area contributed by atoms with Crippen molar-refractivity contribution in [2.45, 2.75) is 40.5 Å². The molecule has 1 saturated heterocycles. The maximum Gasteiger partial charge on any atom is 0.174 e. The van der Waals surface area contributed by atoms with Gasteiger partial charge in [-0.25, -0.2) is 4.98 Å². The van der Waals surface area contributed by atoms with Gasteiger partial charge in [-0.2, -0.15) is 0 Å². The van der Waals surface area contributed by atoms with Crippen molar-refractivity contribution < 1.29 is 5.21 Å². The lowest BCUT2D eigenvalue weighted by Crippen LogP contribution is -2.39. The Morgan fingerprint density at radius 2 is 1.95 bits per heavy atom. The summed E-state index contributed by atoms with van der Waals surface area (Å²) in [6.07, 6.45) is 2.24. The number of nitrogens with two attached hydrogens (primary N) is 1. The van der Waals surface area contributed by atoms with Gasteiger partial charge in [0.1, 0.15) is 5.82 Å². The zero-order valence-electron chi connectivity index (χ0n) is 12.8. The lowest BCUT2D eigenvalue weighted by molar-refractivity contribution is 0.279. The molecule has 5 nitrogen and oxygen atoms in total. The van der Waals surface area contributed by atoms with Gasteiger partial charge in [-0.05, 0) is 43.7 Å². The van der Waals surface area contributed by atoms with Gasteiger partial charge in [0, 0.05) is 18.8 Å². The molecule has 20 heavy (non-hydrogen) atoms. The Hall–Kier alpha value is -1.78. The molecule has 0 spiro atoms. The second-order valence-corrected chi connectivity index (χ2v) is 6.42. The molecule has 0 aliphatic carbocycles. The van der Waals surface area contributed by atoms with Crippen LogP contribution in [-0.2, 0) is 0 Å². The summed E-state index contributed by atoms with van der Waals surface area (Å²) in [5.74, 6) is 0.975. The minimum absolute atomic E-state index is 0.134. The van der Waals surface area contributed by atoms with Crippen LogP contribution in [0.15, 0.2) is 11.2 Å². The summed E-state index contributed by atoms with van der Waals surface area (Å²) < 4.78 is 0. The summed E-state index contributed by atoms with van der Waals surface area (Å²) in [5, 5.41) is 12.2. The van der Waals surface area contributed by atoms with E-state index in [0.29, 0.717) is 5.41 Å². The predicted molar refractivity (Wildman–Crippen MR) is 81.4 cm³/mol. The van der Waals surface area contributed by atoms with Crippen molar-refractivity contribution in [2.24, 2.45) is 16.3 Å². The lowest BCUT2D eigenvalue weighted by atomic mass is 9.82. The Balaban J connectivity index is 2.41. The largest absolute Gasteiger partial charge is 0.409 e. The maximum atomic E-state index is 9.00. The van der Waals surface area contributed by atoms with E-state index in [4.69, 9.17) is 10.9 Å². The molecule has 0 atom stereocenters. The quantitative estimate of drug-likeness (QED) is 0.376. The van der Waals surface area contributed by atoms with Gasteiger partial charge in [0.2, 0.25) is 0 Å². The van der Waals surface area contributed by atoms with Crippen LogP contribution in [0.3, 0.4) is 0 Å². The standard InChI is InChI=1S/C15H24N4O/c1-10-9-11(2)17-14(12(10)13(16)18-20)19-7-5-15(3,4)6-8-19/h9,20H,5-8H2,1-4H3,(H2,16,18). The van der Waals surface area contributed by atoms with Gasteiger partial charge < -0.3 is 15.8 Å². The predicted octanol–water partition coefficient (Wildman–Crippen LogP) is 2.42. The second kappa shape index (κ2) is 5.31. The van der Waals surface area contributed by atoms with E-state index < -0.39 is 0 Å². The summed E-state index contributed by atoms with van der Waals surface area (Å²) in [4.78, 5) is 6.88. The van der Waals surface area contributed by atoms with Gasteiger partial charge in [0.15, 0.2) is 5.84 Å². The van der Waals surface area contributed by atoms with Crippen LogP contribution in [0.2, 0.25) is 0 Å². The van der Waals surface area contributed by atoms with Crippen LogP contribution in [0.4, 0.5) is 5.82 Å². The first-order valence-corrected chi connectivity index (χ1v) is 7.05. The molecule has 110 valence electrons. The number of oxime groups is 1. The van der Waals surface area contributed by atoms with E-state index in [-0.39, 0.29) is 5.84 Å². The highest BCUT2D eigenvalue weighted by Gasteiger charge is 2.28. The van der Waals surface area contributed by atoms with E-state index in [1.807, 2.05) is 19.9 Å². The monoisotopic (exact) mass is 276 g/mol. The number of amidine groups is 1. The van der Waals surface area contributed by atoms with E-state index in [0.717, 1.165) is 48.6 Å². The molecule has 0 saturated carbocycles. The number of aryl methyl sites for hydroxylation is 2. The van der Waals surface area contributed by atoms with Crippen LogP contribution in [0, 0.1) is 19.3 Å². The summed E-state index contributed by atoms with van der Waals surface area (Å²) in [7, 11) is 0. The van der Waals surface area contributed by atoms with E-state index in [9.17, 15) is 0 Å². The molecule has 2 rings (SSSR count). The smallest absolute Gasteiger partial charge is 0.174 e. The van der Waals surface area contributed by atoms with Crippen molar-refractivity contribution in [1.82, 2.24) is 4.98 Å². The summed E-state index contributed by atoms with van der Waals surface area (Å²) in [6.45, 7) is 10.4. The van der Waals surface area contributed by atoms with Crippen molar-refractivity contribution >= 4 is 11.7 Å². The summed E-state index contributed by atoms with van der Waals surface area (Å²) in [5.41, 5.74) is 8.92. The Kier molecular flexibility index (Phi) is 3.88. The Labute approximate surface area is 120 Å². The van der Waals surface area contributed by atoms with Crippen LogP contribution in [0.25, 0.3) is 0 Å².